The van der Waals surface area contributed by atoms with Crippen molar-refractivity contribution in [3.8, 4) is 29.0 Å². The molecule has 0 spiro atoms. The van der Waals surface area contributed by atoms with Gasteiger partial charge in [0.05, 0.1) is 16.5 Å². The number of nitriles is 1. The summed E-state index contributed by atoms with van der Waals surface area (Å²) in [5, 5.41) is 17.9. The molecule has 4 heterocycles. The second kappa shape index (κ2) is 10.4. The minimum Gasteiger partial charge on any atom is -0.314 e. The number of pyridine rings is 1. The van der Waals surface area contributed by atoms with Crippen LogP contribution in [0.3, 0.4) is 0 Å². The van der Waals surface area contributed by atoms with Crippen LogP contribution in [0.1, 0.15) is 47.7 Å². The third-order valence-electron chi connectivity index (χ3n) is 7.92. The summed E-state index contributed by atoms with van der Waals surface area (Å²) in [6, 6.07) is 7.95. The quantitative estimate of drug-likeness (QED) is 0.190. The Bertz CT molecular complexity index is 1970. The molecule has 11 nitrogen and oxygen atoms in total. The lowest BCUT2D eigenvalue weighted by atomic mass is 9.76. The number of Topliss-reactive ketones (excluding diaryl/α,β-unsaturated/α-hetero) is 1. The number of aryl methyl sites for hydroxylation is 2. The van der Waals surface area contributed by atoms with Crippen molar-refractivity contribution in [2.75, 3.05) is 5.32 Å². The Hall–Kier alpha value is -4.94. The fourth-order valence-electron chi connectivity index (χ4n) is 5.67. The summed E-state index contributed by atoms with van der Waals surface area (Å²) < 4.78 is 1.94. The van der Waals surface area contributed by atoms with Crippen molar-refractivity contribution < 1.29 is 14.4 Å². The fraction of sp³-hybridized carbons (Fsp3) is 0.290. The Balaban J connectivity index is 1.36. The summed E-state index contributed by atoms with van der Waals surface area (Å²) in [7, 11) is 0. The van der Waals surface area contributed by atoms with Crippen LogP contribution in [0.2, 0.25) is 0 Å². The molecule has 1 aliphatic carbocycles. The van der Waals surface area contributed by atoms with Crippen LogP contribution in [0.25, 0.3) is 22.0 Å². The molecular formula is C31H25BrN8O3. The van der Waals surface area contributed by atoms with Crippen molar-refractivity contribution in [3.05, 3.63) is 63.9 Å². The number of hydrogen-bond acceptors (Lipinski definition) is 8. The Kier molecular flexibility index (Phi) is 6.82. The Morgan fingerprint density at radius 3 is 2.58 bits per heavy atom. The number of aromatic nitrogens is 5. The largest absolute Gasteiger partial charge is 0.314 e. The van der Waals surface area contributed by atoms with E-state index in [0.717, 1.165) is 5.56 Å². The molecule has 0 unspecified atom stereocenters. The van der Waals surface area contributed by atoms with Crippen LogP contribution < -0.4 is 5.32 Å². The van der Waals surface area contributed by atoms with Gasteiger partial charge in [-0.2, -0.15) is 10.4 Å². The predicted molar refractivity (Wildman–Crippen MR) is 160 cm³/mol. The second-order valence-corrected chi connectivity index (χ2v) is 11.8. The van der Waals surface area contributed by atoms with Gasteiger partial charge in [0.1, 0.15) is 46.6 Å². The highest BCUT2D eigenvalue weighted by molar-refractivity contribution is 9.10. The summed E-state index contributed by atoms with van der Waals surface area (Å²) in [6.45, 7) is 6.63. The Morgan fingerprint density at radius 2 is 1.93 bits per heavy atom. The van der Waals surface area contributed by atoms with Crippen LogP contribution in [0.15, 0.2) is 41.3 Å². The lowest BCUT2D eigenvalue weighted by Gasteiger charge is -2.34. The van der Waals surface area contributed by atoms with E-state index < -0.39 is 23.4 Å². The van der Waals surface area contributed by atoms with Gasteiger partial charge in [-0.25, -0.2) is 15.0 Å². The summed E-state index contributed by atoms with van der Waals surface area (Å²) in [5.41, 5.74) is 2.29. The van der Waals surface area contributed by atoms with E-state index in [2.05, 4.69) is 59.2 Å². The first kappa shape index (κ1) is 28.2. The summed E-state index contributed by atoms with van der Waals surface area (Å²) in [4.78, 5) is 54.6. The zero-order valence-corrected chi connectivity index (χ0v) is 25.4. The molecule has 43 heavy (non-hydrogen) atoms. The highest BCUT2D eigenvalue weighted by Gasteiger charge is 2.56. The zero-order valence-electron chi connectivity index (χ0n) is 23.8. The number of amides is 2. The first-order chi connectivity index (χ1) is 20.5. The van der Waals surface area contributed by atoms with Crippen molar-refractivity contribution in [1.29, 1.82) is 5.26 Å². The number of halogens is 1. The summed E-state index contributed by atoms with van der Waals surface area (Å²) >= 11 is 3.33. The van der Waals surface area contributed by atoms with Crippen LogP contribution in [0.5, 0.6) is 0 Å². The lowest BCUT2D eigenvalue weighted by molar-refractivity contribution is -0.138. The molecule has 1 aromatic carbocycles. The van der Waals surface area contributed by atoms with E-state index >= 15 is 0 Å². The molecule has 214 valence electrons. The monoisotopic (exact) mass is 636 g/mol. The van der Waals surface area contributed by atoms with E-state index in [1.807, 2.05) is 19.9 Å². The normalized spacial score (nSPS) is 20.0. The van der Waals surface area contributed by atoms with Gasteiger partial charge in [-0.15, -0.1) is 0 Å². The molecule has 4 aromatic rings. The van der Waals surface area contributed by atoms with Gasteiger partial charge in [-0.05, 0) is 72.4 Å². The van der Waals surface area contributed by atoms with Crippen molar-refractivity contribution in [3.63, 3.8) is 0 Å². The smallest absolute Gasteiger partial charge is 0.248 e. The number of carbonyl (C=O) groups is 3. The molecule has 6 rings (SSSR count). The number of fused-ring (bicyclic) bond motifs is 2. The van der Waals surface area contributed by atoms with Crippen LogP contribution in [0, 0.1) is 42.4 Å². The number of anilines is 1. The third kappa shape index (κ3) is 4.84. The Labute approximate surface area is 255 Å². The maximum atomic E-state index is 14.0. The van der Waals surface area contributed by atoms with Gasteiger partial charge in [0.2, 0.25) is 11.8 Å². The number of rotatable bonds is 6. The molecule has 0 radical (unpaired) electrons. The van der Waals surface area contributed by atoms with E-state index in [1.165, 1.54) is 16.5 Å². The van der Waals surface area contributed by atoms with Gasteiger partial charge >= 0.3 is 0 Å². The first-order valence-corrected chi connectivity index (χ1v) is 14.3. The molecule has 1 N–H and O–H groups in total. The Morgan fingerprint density at radius 1 is 1.19 bits per heavy atom. The average molecular weight is 637 g/mol. The number of nitrogens with one attached hydrogen (secondary N) is 1. The maximum Gasteiger partial charge on any atom is 0.248 e. The molecule has 2 amide bonds. The van der Waals surface area contributed by atoms with E-state index in [1.54, 1.807) is 37.5 Å². The second-order valence-electron chi connectivity index (χ2n) is 11.0. The standard InChI is InChI=1S/C31H25BrN8O3/c1-16-5-6-25(32)36-29(16)37-30(43)23-11-31(4)8-7-24(31)40(23)26(42)15-39-28-20(12-33)9-19(21-13-34-18(3)35-14-21)10-22(28)27(38-39)17(2)41/h5-6,9-10,13-14,23-24H,11,15H2,1-4H3,(H,36,37,43)/t23-,24+,31+/m0/s1. The number of likely N-dealkylation sites (tertiary alicyclic amines) is 1. The van der Waals surface area contributed by atoms with E-state index in [-0.39, 0.29) is 29.5 Å². The summed E-state index contributed by atoms with van der Waals surface area (Å²) in [6.07, 6.45) is 3.65. The predicted octanol–water partition coefficient (Wildman–Crippen LogP) is 3.97. The summed E-state index contributed by atoms with van der Waals surface area (Å²) in [5.74, 6) is 6.08. The molecule has 0 saturated carbocycles. The maximum absolute atomic E-state index is 14.0. The topological polar surface area (TPSA) is 147 Å². The minimum atomic E-state index is -0.817. The highest BCUT2D eigenvalue weighted by Crippen LogP contribution is 2.45. The number of hydrogen-bond donors (Lipinski definition) is 1. The number of ketones is 1. The molecule has 1 fully saturated rings. The van der Waals surface area contributed by atoms with Gasteiger partial charge in [-0.3, -0.25) is 19.1 Å². The van der Waals surface area contributed by atoms with Crippen molar-refractivity contribution in [1.82, 2.24) is 29.6 Å². The molecule has 12 heteroatoms. The SMILES string of the molecule is CC(=O)c1nn(CC(=O)N2[C@H](C(=O)Nc3nc(Br)ccc3C)C[C@@]3(C)C#C[C@@H]23)c2c(C#N)cc(-c3cnc(C)nc3)cc12. The fourth-order valence-corrected chi connectivity index (χ4v) is 5.98. The molecule has 2 aliphatic rings. The van der Waals surface area contributed by atoms with Crippen molar-refractivity contribution >= 4 is 50.2 Å². The van der Waals surface area contributed by atoms with E-state index in [4.69, 9.17) is 0 Å². The van der Waals surface area contributed by atoms with Gasteiger partial charge in [0.25, 0.3) is 0 Å². The van der Waals surface area contributed by atoms with Crippen LogP contribution in [-0.4, -0.2) is 59.3 Å². The minimum absolute atomic E-state index is 0.134. The average Bonchev–Trinajstić information content (AvgIpc) is 3.43. The van der Waals surface area contributed by atoms with Crippen LogP contribution in [-0.2, 0) is 16.1 Å². The van der Waals surface area contributed by atoms with Crippen molar-refractivity contribution in [2.45, 2.75) is 52.7 Å². The number of benzene rings is 1. The lowest BCUT2D eigenvalue weighted by Crippen LogP contribution is -2.50. The van der Waals surface area contributed by atoms with Gasteiger partial charge in [-0.1, -0.05) is 17.9 Å². The first-order valence-electron chi connectivity index (χ1n) is 13.5. The van der Waals surface area contributed by atoms with Gasteiger partial charge < -0.3 is 10.2 Å². The third-order valence-corrected chi connectivity index (χ3v) is 8.36. The molecular weight excluding hydrogens is 612 g/mol. The molecule has 1 saturated heterocycles. The zero-order chi connectivity index (χ0) is 30.6. The molecule has 0 bridgehead atoms. The highest BCUT2D eigenvalue weighted by atomic mass is 79.9. The molecule has 1 aliphatic heterocycles. The van der Waals surface area contributed by atoms with Gasteiger partial charge in [0, 0.05) is 30.3 Å². The van der Waals surface area contributed by atoms with Crippen LogP contribution in [0.4, 0.5) is 5.82 Å². The van der Waals surface area contributed by atoms with Crippen molar-refractivity contribution in [2.24, 2.45) is 5.41 Å². The molecule has 3 atom stereocenters. The van der Waals surface area contributed by atoms with Crippen LogP contribution >= 0.6 is 15.9 Å². The van der Waals surface area contributed by atoms with Gasteiger partial charge in [0.15, 0.2) is 5.78 Å². The number of nitrogens with zero attached hydrogens (tertiary/aromatic N) is 7. The molecule has 3 aromatic heterocycles. The van der Waals surface area contributed by atoms with E-state index in [0.29, 0.717) is 44.7 Å². The number of carbonyl (C=O) groups excluding carboxylic acids is 3. The van der Waals surface area contributed by atoms with E-state index in [9.17, 15) is 19.6 Å².